The fourth-order valence-electron chi connectivity index (χ4n) is 5.45. The molecule has 3 rings (SSSR count). The summed E-state index contributed by atoms with van der Waals surface area (Å²) in [5, 5.41) is 14.1. The van der Waals surface area contributed by atoms with E-state index in [4.69, 9.17) is 23.7 Å². The highest BCUT2D eigenvalue weighted by Crippen LogP contribution is 2.08. The van der Waals surface area contributed by atoms with E-state index in [9.17, 15) is 24.0 Å². The molecule has 0 radical (unpaired) electrons. The highest BCUT2D eigenvalue weighted by molar-refractivity contribution is 5.85. The molecule has 0 aromatic heterocycles. The van der Waals surface area contributed by atoms with Crippen LogP contribution in [0.4, 0.5) is 19.2 Å². The van der Waals surface area contributed by atoms with Crippen molar-refractivity contribution in [2.75, 3.05) is 59.0 Å². The van der Waals surface area contributed by atoms with Crippen LogP contribution in [-0.4, -0.2) is 106 Å². The van der Waals surface area contributed by atoms with E-state index in [0.717, 1.165) is 23.1 Å². The lowest BCUT2D eigenvalue weighted by molar-refractivity contribution is -0.123. The van der Waals surface area contributed by atoms with Crippen molar-refractivity contribution >= 4 is 30.3 Å². The first-order valence-electron chi connectivity index (χ1n) is 20.4. The number of alkyl carbamates (subject to hydrolysis) is 3. The van der Waals surface area contributed by atoms with Crippen molar-refractivity contribution in [1.29, 1.82) is 0 Å². The van der Waals surface area contributed by atoms with Gasteiger partial charge in [-0.25, -0.2) is 19.2 Å². The molecule has 0 bridgehead atoms. The van der Waals surface area contributed by atoms with Crippen molar-refractivity contribution < 1.29 is 47.7 Å². The van der Waals surface area contributed by atoms with Crippen LogP contribution < -0.4 is 26.6 Å². The minimum absolute atomic E-state index is 0.0546. The molecule has 0 aliphatic carbocycles. The Bertz CT molecular complexity index is 1680. The molecule has 5 amide bonds. The van der Waals surface area contributed by atoms with Crippen molar-refractivity contribution in [2.45, 2.75) is 77.9 Å². The van der Waals surface area contributed by atoms with Gasteiger partial charge in [-0.3, -0.25) is 4.79 Å². The maximum absolute atomic E-state index is 13.1. The molecular weight excluding hydrogens is 773 g/mol. The SMILES string of the molecule is CC(C)(C)OC(=O)NCCOCCNC(=O)[C@H](CCNCCCCN(CCCNC(=O)OCc1ccccc1)C(=O)OCc1ccccc1)NC(=O)OCc1ccccc1. The third-order valence-electron chi connectivity index (χ3n) is 8.47. The molecular formula is C44H62N6O10. The summed E-state index contributed by atoms with van der Waals surface area (Å²) < 4.78 is 26.9. The third-order valence-corrected chi connectivity index (χ3v) is 8.47. The number of hydrogen-bond donors (Lipinski definition) is 5. The van der Waals surface area contributed by atoms with Gasteiger partial charge in [-0.15, -0.1) is 0 Å². The van der Waals surface area contributed by atoms with Crippen molar-refractivity contribution in [2.24, 2.45) is 0 Å². The predicted octanol–water partition coefficient (Wildman–Crippen LogP) is 5.65. The van der Waals surface area contributed by atoms with Crippen LogP contribution in [0.3, 0.4) is 0 Å². The summed E-state index contributed by atoms with van der Waals surface area (Å²) in [5.41, 5.74) is 1.97. The summed E-state index contributed by atoms with van der Waals surface area (Å²) in [5.74, 6) is -0.396. The molecule has 0 spiro atoms. The van der Waals surface area contributed by atoms with E-state index >= 15 is 0 Å². The van der Waals surface area contributed by atoms with E-state index in [1.165, 1.54) is 0 Å². The largest absolute Gasteiger partial charge is 0.445 e. The topological polar surface area (TPSA) is 195 Å². The minimum atomic E-state index is -0.881. The van der Waals surface area contributed by atoms with E-state index in [1.54, 1.807) is 25.7 Å². The standard InChI is InChI=1S/C44H62N6O10/c1-44(2,3)60-41(53)48-27-31-56-30-26-46-39(51)38(49-42(54)58-33-36-18-9-5-10-19-36)22-25-45-23-13-14-28-50(43(55)59-34-37-20-11-6-12-21-37)29-15-24-47-40(52)57-32-35-16-7-4-8-17-35/h4-12,16-21,38,45H,13-15,22-34H2,1-3H3,(H,46,51)(H,47,52)(H,48,53)(H,49,54)/t38-/m0/s1. The van der Waals surface area contributed by atoms with Crippen LogP contribution in [0.25, 0.3) is 0 Å². The van der Waals surface area contributed by atoms with Gasteiger partial charge < -0.3 is 55.2 Å². The molecule has 0 saturated carbocycles. The molecule has 0 aliphatic heterocycles. The zero-order chi connectivity index (χ0) is 43.3. The van der Waals surface area contributed by atoms with Crippen LogP contribution in [0.1, 0.15) is 63.1 Å². The van der Waals surface area contributed by atoms with Gasteiger partial charge in [-0.1, -0.05) is 91.0 Å². The zero-order valence-corrected chi connectivity index (χ0v) is 35.1. The van der Waals surface area contributed by atoms with Gasteiger partial charge in [0.05, 0.1) is 13.2 Å². The van der Waals surface area contributed by atoms with Gasteiger partial charge in [0.25, 0.3) is 0 Å². The minimum Gasteiger partial charge on any atom is -0.445 e. The van der Waals surface area contributed by atoms with Crippen LogP contribution in [0.2, 0.25) is 0 Å². The van der Waals surface area contributed by atoms with E-state index in [1.807, 2.05) is 91.0 Å². The lowest BCUT2D eigenvalue weighted by atomic mass is 10.2. The van der Waals surface area contributed by atoms with Gasteiger partial charge >= 0.3 is 24.4 Å². The van der Waals surface area contributed by atoms with Gasteiger partial charge in [0, 0.05) is 32.7 Å². The Kier molecular flexibility index (Phi) is 23.1. The molecule has 3 aromatic rings. The second kappa shape index (κ2) is 28.5. The number of nitrogens with one attached hydrogen (secondary N) is 5. The third kappa shape index (κ3) is 22.9. The van der Waals surface area contributed by atoms with E-state index in [-0.39, 0.29) is 52.5 Å². The number of hydrogen-bond acceptors (Lipinski definition) is 11. The molecule has 16 nitrogen and oxygen atoms in total. The molecule has 0 heterocycles. The summed E-state index contributed by atoms with van der Waals surface area (Å²) in [6.07, 6.45) is -0.0632. The maximum atomic E-state index is 13.1. The molecule has 16 heteroatoms. The van der Waals surface area contributed by atoms with Crippen molar-refractivity contribution in [3.05, 3.63) is 108 Å². The molecule has 0 saturated heterocycles. The Morgan fingerprint density at radius 2 is 1.08 bits per heavy atom. The smallest absolute Gasteiger partial charge is 0.410 e. The number of amides is 5. The molecule has 5 N–H and O–H groups in total. The number of rotatable bonds is 26. The molecule has 1 atom stereocenters. The Hall–Kier alpha value is -5.87. The number of benzene rings is 3. The molecule has 328 valence electrons. The summed E-state index contributed by atoms with van der Waals surface area (Å²) >= 11 is 0. The summed E-state index contributed by atoms with van der Waals surface area (Å²) in [6.45, 7) is 8.68. The lowest BCUT2D eigenvalue weighted by Crippen LogP contribution is -2.48. The van der Waals surface area contributed by atoms with Crippen LogP contribution in [0, 0.1) is 0 Å². The fraction of sp³-hybridized carbons (Fsp3) is 0.477. The number of ether oxygens (including phenoxy) is 5. The van der Waals surface area contributed by atoms with Crippen LogP contribution in [0.5, 0.6) is 0 Å². The van der Waals surface area contributed by atoms with Gasteiger partial charge in [-0.05, 0) is 76.2 Å². The molecule has 60 heavy (non-hydrogen) atoms. The van der Waals surface area contributed by atoms with Gasteiger partial charge in [0.2, 0.25) is 5.91 Å². The Balaban J connectivity index is 1.41. The van der Waals surface area contributed by atoms with Crippen LogP contribution in [-0.2, 0) is 48.3 Å². The number of carbonyl (C=O) groups is 5. The summed E-state index contributed by atoms with van der Waals surface area (Å²) in [4.78, 5) is 64.5. The normalized spacial score (nSPS) is 11.4. The van der Waals surface area contributed by atoms with E-state index in [0.29, 0.717) is 45.6 Å². The second-order valence-electron chi connectivity index (χ2n) is 14.7. The molecule has 0 fully saturated rings. The Morgan fingerprint density at radius 1 is 0.567 bits per heavy atom. The van der Waals surface area contributed by atoms with E-state index in [2.05, 4.69) is 26.6 Å². The fourth-order valence-corrected chi connectivity index (χ4v) is 5.45. The van der Waals surface area contributed by atoms with Crippen molar-refractivity contribution in [3.8, 4) is 0 Å². The number of carbonyl (C=O) groups excluding carboxylic acids is 5. The molecule has 0 aliphatic rings. The summed E-state index contributed by atoms with van der Waals surface area (Å²) in [7, 11) is 0. The number of nitrogens with zero attached hydrogens (tertiary/aromatic N) is 1. The number of unbranched alkanes of at least 4 members (excludes halogenated alkanes) is 1. The first kappa shape index (κ1) is 48.5. The van der Waals surface area contributed by atoms with Crippen molar-refractivity contribution in [1.82, 2.24) is 31.5 Å². The van der Waals surface area contributed by atoms with Gasteiger partial charge in [-0.2, -0.15) is 0 Å². The van der Waals surface area contributed by atoms with Crippen LogP contribution in [0.15, 0.2) is 91.0 Å². The zero-order valence-electron chi connectivity index (χ0n) is 35.1. The molecule has 0 unspecified atom stereocenters. The average Bonchev–Trinajstić information content (AvgIpc) is 3.24. The summed E-state index contributed by atoms with van der Waals surface area (Å²) in [6, 6.07) is 27.2. The Morgan fingerprint density at radius 3 is 1.67 bits per heavy atom. The van der Waals surface area contributed by atoms with E-state index < -0.39 is 41.9 Å². The quantitative estimate of drug-likeness (QED) is 0.0495. The van der Waals surface area contributed by atoms with Gasteiger partial charge in [0.15, 0.2) is 0 Å². The lowest BCUT2D eigenvalue weighted by Gasteiger charge is -2.22. The molecule has 3 aromatic carbocycles. The second-order valence-corrected chi connectivity index (χ2v) is 14.7. The monoisotopic (exact) mass is 834 g/mol. The van der Waals surface area contributed by atoms with Gasteiger partial charge in [0.1, 0.15) is 31.5 Å². The average molecular weight is 835 g/mol. The maximum Gasteiger partial charge on any atom is 0.410 e. The highest BCUT2D eigenvalue weighted by Gasteiger charge is 2.21. The van der Waals surface area contributed by atoms with Crippen molar-refractivity contribution in [3.63, 3.8) is 0 Å². The first-order chi connectivity index (χ1) is 29.0. The van der Waals surface area contributed by atoms with Crippen LogP contribution >= 0.6 is 0 Å². The highest BCUT2D eigenvalue weighted by atomic mass is 16.6. The first-order valence-corrected chi connectivity index (χ1v) is 20.4. The Labute approximate surface area is 353 Å². The predicted molar refractivity (Wildman–Crippen MR) is 226 cm³/mol.